The van der Waals surface area contributed by atoms with E-state index in [1.807, 2.05) is 39.9 Å². The van der Waals surface area contributed by atoms with Crippen LogP contribution in [-0.4, -0.2) is 119 Å². The standard InChI is InChI=1S/C60H81NO15Si2/c1-16-78(17-2,18-3)75-44-33-45-59(35-70-45,74-38(6)63)50-52(73-54(66)41-29-31-42(69-13)32-30-41)60(68)34-43(36(4)46(57(60,10)11)48(71-37(5)62)51(64)58(44,50)12)72-55(67)49(76-77(14,15)56(7,8)9)47(39-25-21-19-22-26-39)61-53(65)40-27-23-20-24-28-40/h19-32,43-45,47-50,52,68H,16-18,33-35H2,1-15H3,(H,61,65)/t43-,44-,45+,47-,48+,49+,50-,52-,58+,59-,60+/m0/s1. The van der Waals surface area contributed by atoms with Gasteiger partial charge < -0.3 is 47.7 Å². The molecule has 0 unspecified atom stereocenters. The molecular formula is C60H81NO15Si2. The minimum Gasteiger partial charge on any atom is -0.497 e. The number of fused-ring (bicyclic) bond motifs is 5. The van der Waals surface area contributed by atoms with Gasteiger partial charge in [0.25, 0.3) is 5.91 Å². The second-order valence-electron chi connectivity index (χ2n) is 23.9. The molecule has 0 radical (unpaired) electrons. The van der Waals surface area contributed by atoms with Gasteiger partial charge in [0.1, 0.15) is 29.7 Å². The number of ketones is 1. The number of carbonyl (C=O) groups excluding carboxylic acids is 6. The van der Waals surface area contributed by atoms with E-state index >= 15 is 14.4 Å². The summed E-state index contributed by atoms with van der Waals surface area (Å²) in [6, 6.07) is 24.7. The van der Waals surface area contributed by atoms with Crippen molar-refractivity contribution in [3.63, 3.8) is 0 Å². The molecule has 2 bridgehead atoms. The first-order valence-corrected chi connectivity index (χ1v) is 32.7. The number of esters is 4. The quantitative estimate of drug-likeness (QED) is 0.0526. The zero-order valence-electron chi connectivity index (χ0n) is 48.1. The first-order valence-electron chi connectivity index (χ1n) is 27.3. The van der Waals surface area contributed by atoms with Crippen LogP contribution in [0.2, 0.25) is 36.3 Å². The first kappa shape index (κ1) is 60.1. The third-order valence-corrected chi connectivity index (χ3v) is 27.4. The predicted molar refractivity (Wildman–Crippen MR) is 296 cm³/mol. The lowest BCUT2D eigenvalue weighted by atomic mass is 9.44. The molecule has 18 heteroatoms. The first-order chi connectivity index (χ1) is 36.5. The van der Waals surface area contributed by atoms with E-state index in [1.54, 1.807) is 94.4 Å². The van der Waals surface area contributed by atoms with E-state index in [0.29, 0.717) is 40.6 Å². The highest BCUT2D eigenvalue weighted by Crippen LogP contribution is 2.65. The number of hydrogen-bond donors (Lipinski definition) is 2. The summed E-state index contributed by atoms with van der Waals surface area (Å²) in [6.07, 6.45) is -8.71. The number of benzene rings is 3. The molecular weight excluding hydrogens is 1030 g/mol. The van der Waals surface area contributed by atoms with Crippen LogP contribution in [0.15, 0.2) is 96.1 Å². The lowest BCUT2D eigenvalue weighted by molar-refractivity contribution is -0.344. The molecule has 3 aromatic carbocycles. The summed E-state index contributed by atoms with van der Waals surface area (Å²) < 4.78 is 52.5. The zero-order chi connectivity index (χ0) is 57.6. The maximum Gasteiger partial charge on any atom is 0.338 e. The van der Waals surface area contributed by atoms with Crippen LogP contribution in [0.25, 0.3) is 0 Å². The van der Waals surface area contributed by atoms with E-state index in [0.717, 1.165) is 0 Å². The minimum absolute atomic E-state index is 0.0752. The fourth-order valence-electron chi connectivity index (χ4n) is 12.4. The van der Waals surface area contributed by atoms with Gasteiger partial charge >= 0.3 is 23.9 Å². The summed E-state index contributed by atoms with van der Waals surface area (Å²) in [5.41, 5.74) is -6.21. The Balaban J connectivity index is 1.50. The highest BCUT2D eigenvalue weighted by Gasteiger charge is 2.79. The summed E-state index contributed by atoms with van der Waals surface area (Å²) in [6.45, 7) is 25.0. The lowest BCUT2D eigenvalue weighted by Crippen LogP contribution is -2.82. The summed E-state index contributed by atoms with van der Waals surface area (Å²) in [4.78, 5) is 89.0. The van der Waals surface area contributed by atoms with Crippen LogP contribution in [0.5, 0.6) is 5.75 Å². The number of amides is 1. The SMILES string of the molecule is CC[Si](CC)(CC)O[C@H]1C[C@H]2OC[C@@]2(OC(C)=O)[C@H]2[C@H](OC(=O)c3ccc(OC)cc3)[C@]3(O)C[C@H](OC(=O)[C@H](O[Si](C)(C)C(C)(C)C)[C@@H](NC(=O)c4ccccc4)c4ccccc4)C(C)=C([C@@H](OC(C)=O)C(=O)[C@]12C)C3(C)C. The number of nitrogens with one attached hydrogen (secondary N) is 1. The molecule has 78 heavy (non-hydrogen) atoms. The van der Waals surface area contributed by atoms with Gasteiger partial charge in [0.15, 0.2) is 40.2 Å². The monoisotopic (exact) mass is 1110 g/mol. The van der Waals surface area contributed by atoms with Crippen LogP contribution < -0.4 is 10.1 Å². The average Bonchev–Trinajstić information content (AvgIpc) is 3.12. The van der Waals surface area contributed by atoms with Crippen molar-refractivity contribution in [3.05, 3.63) is 113 Å². The summed E-state index contributed by atoms with van der Waals surface area (Å²) in [5, 5.41) is 17.1. The van der Waals surface area contributed by atoms with Gasteiger partial charge in [0, 0.05) is 37.7 Å². The van der Waals surface area contributed by atoms with E-state index < -0.39 is 134 Å². The second-order valence-corrected chi connectivity index (χ2v) is 33.4. The van der Waals surface area contributed by atoms with Gasteiger partial charge in [-0.1, -0.05) is 104 Å². The summed E-state index contributed by atoms with van der Waals surface area (Å²) in [5.74, 6) is -5.43. The molecule has 4 aliphatic rings. The Bertz CT molecular complexity index is 2750. The Morgan fingerprint density at radius 2 is 1.41 bits per heavy atom. The molecule has 3 fully saturated rings. The van der Waals surface area contributed by atoms with Crippen molar-refractivity contribution in [3.8, 4) is 5.75 Å². The number of hydrogen-bond acceptors (Lipinski definition) is 15. The number of carbonyl (C=O) groups is 6. The Kier molecular flexibility index (Phi) is 17.4. The van der Waals surface area contributed by atoms with E-state index in [9.17, 15) is 19.5 Å². The topological polar surface area (TPSA) is 209 Å². The predicted octanol–water partition coefficient (Wildman–Crippen LogP) is 9.80. The fraction of sp³-hybridized carbons (Fsp3) is 0.567. The summed E-state index contributed by atoms with van der Waals surface area (Å²) >= 11 is 0. The van der Waals surface area contributed by atoms with Crippen molar-refractivity contribution in [1.82, 2.24) is 5.32 Å². The van der Waals surface area contributed by atoms with Crippen LogP contribution in [0.4, 0.5) is 0 Å². The van der Waals surface area contributed by atoms with E-state index in [1.165, 1.54) is 33.1 Å². The van der Waals surface area contributed by atoms with Crippen molar-refractivity contribution in [2.75, 3.05) is 13.7 Å². The lowest BCUT2D eigenvalue weighted by Gasteiger charge is -2.68. The van der Waals surface area contributed by atoms with Gasteiger partial charge in [-0.2, -0.15) is 0 Å². The van der Waals surface area contributed by atoms with Crippen molar-refractivity contribution >= 4 is 52.2 Å². The smallest absolute Gasteiger partial charge is 0.338 e. The third-order valence-electron chi connectivity index (χ3n) is 18.3. The van der Waals surface area contributed by atoms with Crippen LogP contribution in [0, 0.1) is 16.7 Å². The Hall–Kier alpha value is -5.51. The average molecular weight is 1110 g/mol. The van der Waals surface area contributed by atoms with E-state index in [4.69, 9.17) is 37.3 Å². The summed E-state index contributed by atoms with van der Waals surface area (Å²) in [7, 11) is -4.14. The molecule has 3 aromatic rings. The van der Waals surface area contributed by atoms with Gasteiger partial charge in [-0.3, -0.25) is 19.2 Å². The maximum atomic E-state index is 16.7. The molecule has 3 aliphatic carbocycles. The van der Waals surface area contributed by atoms with Crippen molar-refractivity contribution in [1.29, 1.82) is 0 Å². The largest absolute Gasteiger partial charge is 0.497 e. The van der Waals surface area contributed by atoms with Crippen LogP contribution in [0.1, 0.15) is 128 Å². The Labute approximate surface area is 461 Å². The molecule has 2 N–H and O–H groups in total. The molecule has 1 amide bonds. The van der Waals surface area contributed by atoms with Gasteiger partial charge in [-0.25, -0.2) is 9.59 Å². The van der Waals surface area contributed by atoms with Crippen molar-refractivity contribution in [2.45, 2.75) is 186 Å². The second kappa shape index (κ2) is 22.6. The third kappa shape index (κ3) is 10.8. The highest BCUT2D eigenvalue weighted by atomic mass is 28.4. The molecule has 0 spiro atoms. The molecule has 424 valence electrons. The molecule has 11 atom stereocenters. The normalized spacial score (nSPS) is 28.4. The van der Waals surface area contributed by atoms with Gasteiger partial charge in [0.05, 0.1) is 42.8 Å². The number of rotatable bonds is 18. The van der Waals surface area contributed by atoms with Gasteiger partial charge in [-0.15, -0.1) is 0 Å². The number of methoxy groups -OCH3 is 1. The van der Waals surface area contributed by atoms with Crippen LogP contribution in [0.3, 0.4) is 0 Å². The molecule has 16 nitrogen and oxygen atoms in total. The van der Waals surface area contributed by atoms with E-state index in [2.05, 4.69) is 26.1 Å². The van der Waals surface area contributed by atoms with Crippen LogP contribution >= 0.6 is 0 Å². The molecule has 2 saturated carbocycles. The minimum atomic E-state index is -2.95. The van der Waals surface area contributed by atoms with E-state index in [-0.39, 0.29) is 24.2 Å². The Morgan fingerprint density at radius 1 is 0.821 bits per heavy atom. The molecule has 7 rings (SSSR count). The molecule has 1 saturated heterocycles. The number of Topliss-reactive ketones (excluding diaryl/α,β-unsaturated/α-hetero) is 1. The number of ether oxygens (including phenoxy) is 6. The fourth-order valence-corrected chi connectivity index (χ4v) is 16.5. The maximum absolute atomic E-state index is 16.7. The van der Waals surface area contributed by atoms with Gasteiger partial charge in [0.2, 0.25) is 0 Å². The highest BCUT2D eigenvalue weighted by molar-refractivity contribution is 6.74. The molecule has 1 heterocycles. The molecule has 1 aliphatic heterocycles. The van der Waals surface area contributed by atoms with Crippen molar-refractivity contribution in [2.24, 2.45) is 16.7 Å². The van der Waals surface area contributed by atoms with Gasteiger partial charge in [-0.05, 0) is 103 Å². The zero-order valence-corrected chi connectivity index (χ0v) is 50.1. The number of aliphatic hydroxyl groups is 1. The molecule has 0 aromatic heterocycles. The Morgan fingerprint density at radius 3 is 1.92 bits per heavy atom. The van der Waals surface area contributed by atoms with Crippen molar-refractivity contribution < 1.29 is 71.1 Å². The van der Waals surface area contributed by atoms with Crippen LogP contribution in [-0.2, 0) is 51.7 Å².